The van der Waals surface area contributed by atoms with E-state index in [0.717, 1.165) is 32.7 Å². The molecule has 0 bridgehead atoms. The number of thiophene rings is 3. The van der Waals surface area contributed by atoms with E-state index in [1.54, 1.807) is 0 Å². The minimum Gasteiger partial charge on any atom is -0.135 e. The van der Waals surface area contributed by atoms with Crippen LogP contribution in [-0.4, -0.2) is 0 Å². The highest BCUT2D eigenvalue weighted by Crippen LogP contribution is 2.54. The molecule has 0 N–H and O–H groups in total. The van der Waals surface area contributed by atoms with E-state index in [1.807, 2.05) is 70.4 Å². The Labute approximate surface area is 683 Å². The van der Waals surface area contributed by atoms with Crippen molar-refractivity contribution < 1.29 is 6.85 Å². The quantitative estimate of drug-likeness (QED) is 0.146. The molecule has 0 aliphatic rings. The van der Waals surface area contributed by atoms with Gasteiger partial charge in [0, 0.05) is 60.5 Å². The minimum absolute atomic E-state index is 0.193. The van der Waals surface area contributed by atoms with Crippen molar-refractivity contribution in [1.82, 2.24) is 0 Å². The summed E-state index contributed by atoms with van der Waals surface area (Å²) in [5.74, 6) is 0. The molecule has 534 valence electrons. The highest BCUT2D eigenvalue weighted by Gasteiger charge is 2.25. The molecule has 3 heterocycles. The SMILES string of the molecule is [2H]c1c([2H])c([2H])c(-c2c3ccccc3c(-c3cccc4sc5c6ccccc6ccc5c34)c3ccccc23)c([2H])c1[2H].c1ccc(-c2c3ccccc3c(-c3cccc4sc5c6ccccc6ccc5c34)c3ccccc23)cc1.c1ccc2cc(-c3c4ccccc4c(-c4cccc5sc6c7ccccc7ccc6c45)c4ccccc34)ccc2c1. The van der Waals surface area contributed by atoms with Crippen molar-refractivity contribution in [3.05, 3.63) is 412 Å². The van der Waals surface area contributed by atoms with Crippen LogP contribution in [0.15, 0.2) is 412 Å². The Balaban J connectivity index is 0.000000105. The summed E-state index contributed by atoms with van der Waals surface area (Å²) in [5, 5.41) is 32.1. The minimum atomic E-state index is -0.387. The lowest BCUT2D eigenvalue weighted by Gasteiger charge is -2.18. The van der Waals surface area contributed by atoms with Gasteiger partial charge in [0.15, 0.2) is 0 Å². The maximum atomic E-state index is 8.81. The third-order valence-electron chi connectivity index (χ3n) is 23.6. The van der Waals surface area contributed by atoms with Gasteiger partial charge in [-0.3, -0.25) is 0 Å². The first-order valence-electron chi connectivity index (χ1n) is 41.6. The van der Waals surface area contributed by atoms with Gasteiger partial charge in [-0.15, -0.1) is 34.0 Å². The number of rotatable bonds is 6. The molecule has 25 aromatic rings. The van der Waals surface area contributed by atoms with Gasteiger partial charge in [0.05, 0.1) is 6.85 Å². The van der Waals surface area contributed by atoms with Crippen LogP contribution in [0.3, 0.4) is 0 Å². The van der Waals surface area contributed by atoms with Crippen LogP contribution < -0.4 is 0 Å². The van der Waals surface area contributed by atoms with Crippen LogP contribution in [0.25, 0.3) is 235 Å². The van der Waals surface area contributed by atoms with Crippen molar-refractivity contribution in [1.29, 1.82) is 0 Å². The third-order valence-corrected chi connectivity index (χ3v) is 27.2. The Kier molecular flexibility index (Phi) is 14.8. The lowest BCUT2D eigenvalue weighted by Crippen LogP contribution is -1.91. The van der Waals surface area contributed by atoms with Crippen molar-refractivity contribution in [2.75, 3.05) is 0 Å². The molecular weight excluding hydrogens is 1440 g/mol. The summed E-state index contributed by atoms with van der Waals surface area (Å²) < 4.78 is 50.4. The van der Waals surface area contributed by atoms with Gasteiger partial charge in [0.1, 0.15) is 0 Å². The average Bonchev–Trinajstić information content (AvgIpc) is 1.40. The lowest BCUT2D eigenvalue weighted by molar-refractivity contribution is 1.67. The summed E-state index contributed by atoms with van der Waals surface area (Å²) in [6, 6.07) is 137. The van der Waals surface area contributed by atoms with Gasteiger partial charge in [0.25, 0.3) is 0 Å². The van der Waals surface area contributed by atoms with E-state index >= 15 is 0 Å². The first-order chi connectivity index (χ1) is 59.2. The summed E-state index contributed by atoms with van der Waals surface area (Å²) in [6.45, 7) is 0. The highest BCUT2D eigenvalue weighted by molar-refractivity contribution is 7.27. The standard InChI is InChI=1S/C40H24S.2C36H22S/c1-2-12-27-24-28(21-20-25(27)10-1)37-30-14-5-7-16-32(30)38(33-17-8-6-15-31(33)37)34-18-9-19-36-39(34)35-23-22-26-11-3-4-13-29(26)40(35)41-36;2*1-2-12-24(13-3-1)33-26-15-6-8-17-28(26)34(29-18-9-7-16-27(29)33)30-19-10-20-32-35(30)31-22-21-23-11-4-5-14-25(23)36(31)37-32/h1-24H;2*1-22H/i;1D,2D,3D,12D,13D;. The van der Waals surface area contributed by atoms with Crippen LogP contribution in [0, 0.1) is 0 Å². The van der Waals surface area contributed by atoms with Crippen LogP contribution in [0.5, 0.6) is 0 Å². The number of benzene rings is 22. The zero-order valence-corrected chi connectivity index (χ0v) is 64.5. The highest BCUT2D eigenvalue weighted by atomic mass is 32.1. The molecule has 3 heteroatoms. The zero-order chi connectivity index (χ0) is 80.0. The third kappa shape index (κ3) is 10.8. The van der Waals surface area contributed by atoms with E-state index in [4.69, 9.17) is 6.85 Å². The predicted octanol–water partition coefficient (Wildman–Crippen LogP) is 33.7. The molecule has 0 radical (unpaired) electrons. The number of hydrogen-bond donors (Lipinski definition) is 0. The van der Waals surface area contributed by atoms with Crippen LogP contribution in [0.4, 0.5) is 0 Å². The van der Waals surface area contributed by atoms with Crippen molar-refractivity contribution in [2.24, 2.45) is 0 Å². The lowest BCUT2D eigenvalue weighted by atomic mass is 9.84. The first kappa shape index (κ1) is 61.7. The van der Waals surface area contributed by atoms with E-state index in [-0.39, 0.29) is 35.8 Å². The summed E-state index contributed by atoms with van der Waals surface area (Å²) >= 11 is 5.63. The largest absolute Gasteiger partial charge is 0.135 e. The molecule has 0 aliphatic carbocycles. The Morgan fingerprint density at radius 3 is 0.783 bits per heavy atom. The Bertz CT molecular complexity index is 8430. The van der Waals surface area contributed by atoms with Crippen LogP contribution >= 0.6 is 34.0 Å². The molecule has 115 heavy (non-hydrogen) atoms. The van der Waals surface area contributed by atoms with Gasteiger partial charge in [-0.25, -0.2) is 0 Å². The summed E-state index contributed by atoms with van der Waals surface area (Å²) in [4.78, 5) is 0. The monoisotopic (exact) mass is 1510 g/mol. The second-order valence-electron chi connectivity index (χ2n) is 29.8. The Hall–Kier alpha value is -13.9. The fourth-order valence-electron chi connectivity index (χ4n) is 18.8. The second kappa shape index (κ2) is 27.5. The maximum absolute atomic E-state index is 8.81. The zero-order valence-electron chi connectivity index (χ0n) is 67.1. The second-order valence-corrected chi connectivity index (χ2v) is 32.9. The average molecular weight is 1520 g/mol. The van der Waals surface area contributed by atoms with Crippen molar-refractivity contribution in [3.8, 4) is 66.8 Å². The predicted molar refractivity (Wildman–Crippen MR) is 506 cm³/mol. The van der Waals surface area contributed by atoms with E-state index in [0.29, 0.717) is 5.56 Å². The molecule has 0 amide bonds. The van der Waals surface area contributed by atoms with Gasteiger partial charge >= 0.3 is 0 Å². The summed E-state index contributed by atoms with van der Waals surface area (Å²) in [5.41, 5.74) is 13.5. The molecule has 0 unspecified atom stereocenters. The Morgan fingerprint density at radius 1 is 0.165 bits per heavy atom. The van der Waals surface area contributed by atoms with E-state index < -0.39 is 0 Å². The number of hydrogen-bond acceptors (Lipinski definition) is 3. The molecule has 0 atom stereocenters. The molecule has 0 saturated heterocycles. The first-order valence-corrected chi connectivity index (χ1v) is 41.6. The van der Waals surface area contributed by atoms with Crippen molar-refractivity contribution in [3.63, 3.8) is 0 Å². The topological polar surface area (TPSA) is 0 Å². The van der Waals surface area contributed by atoms with Gasteiger partial charge in [-0.05, 0) is 199 Å². The van der Waals surface area contributed by atoms with Gasteiger partial charge in [-0.2, -0.15) is 0 Å². The molecule has 0 spiro atoms. The summed E-state index contributed by atoms with van der Waals surface area (Å²) in [7, 11) is 0. The molecule has 0 aliphatic heterocycles. The van der Waals surface area contributed by atoms with Gasteiger partial charge in [-0.1, -0.05) is 388 Å². The van der Waals surface area contributed by atoms with Crippen molar-refractivity contribution in [2.45, 2.75) is 0 Å². The van der Waals surface area contributed by atoms with E-state index in [2.05, 4.69) is 346 Å². The fraction of sp³-hybridized carbons (Fsp3) is 0. The van der Waals surface area contributed by atoms with Crippen LogP contribution in [0.2, 0.25) is 0 Å². The molecule has 3 aromatic heterocycles. The van der Waals surface area contributed by atoms with Gasteiger partial charge < -0.3 is 0 Å². The maximum Gasteiger partial charge on any atom is 0.0629 e. The molecule has 0 fully saturated rings. The van der Waals surface area contributed by atoms with Crippen LogP contribution in [-0.2, 0) is 0 Å². The number of fused-ring (bicyclic) bond motifs is 22. The fourth-order valence-corrected chi connectivity index (χ4v) is 22.6. The van der Waals surface area contributed by atoms with E-state index in [1.165, 1.54) is 191 Å². The van der Waals surface area contributed by atoms with Crippen LogP contribution in [0.1, 0.15) is 6.85 Å². The van der Waals surface area contributed by atoms with Crippen molar-refractivity contribution >= 4 is 202 Å². The molecule has 0 saturated carbocycles. The molecular formula is C112H68S3. The smallest absolute Gasteiger partial charge is 0.0629 e. The normalized spacial score (nSPS) is 12.4. The van der Waals surface area contributed by atoms with Gasteiger partial charge in [0.2, 0.25) is 0 Å². The molecule has 25 rings (SSSR count). The molecule has 0 nitrogen and oxygen atoms in total. The van der Waals surface area contributed by atoms with E-state index in [9.17, 15) is 0 Å². The summed E-state index contributed by atoms with van der Waals surface area (Å²) in [6.07, 6.45) is 0. The Morgan fingerprint density at radius 2 is 0.435 bits per heavy atom. The molecule has 22 aromatic carbocycles.